The van der Waals surface area contributed by atoms with Crippen molar-refractivity contribution in [1.29, 1.82) is 0 Å². The predicted octanol–water partition coefficient (Wildman–Crippen LogP) is 1.62. The molecule has 0 bridgehead atoms. The number of amides is 1. The molecule has 0 aromatic carbocycles. The number of hydrogen-bond acceptors (Lipinski definition) is 3. The van der Waals surface area contributed by atoms with E-state index in [4.69, 9.17) is 0 Å². The predicted molar refractivity (Wildman–Crippen MR) is 79.1 cm³/mol. The standard InChI is InChI=1S/C15H26N4O/c1-11-5-4-6-12(7-11)8-17-15(20)14(16-2)13-9-18-19(3)10-13/h9-12,14,16H,4-8H2,1-3H3,(H,17,20). The van der Waals surface area contributed by atoms with Gasteiger partial charge in [-0.05, 0) is 31.7 Å². The molecule has 0 spiro atoms. The monoisotopic (exact) mass is 278 g/mol. The van der Waals surface area contributed by atoms with Crippen molar-refractivity contribution in [2.45, 2.75) is 38.6 Å². The summed E-state index contributed by atoms with van der Waals surface area (Å²) in [4.78, 5) is 12.3. The van der Waals surface area contributed by atoms with Crippen LogP contribution in [-0.2, 0) is 11.8 Å². The van der Waals surface area contributed by atoms with E-state index in [1.165, 1.54) is 25.7 Å². The van der Waals surface area contributed by atoms with Gasteiger partial charge in [-0.15, -0.1) is 0 Å². The third kappa shape index (κ3) is 3.82. The van der Waals surface area contributed by atoms with Crippen molar-refractivity contribution in [2.75, 3.05) is 13.6 Å². The second-order valence-electron chi connectivity index (χ2n) is 6.05. The Hall–Kier alpha value is -1.36. The van der Waals surface area contributed by atoms with Gasteiger partial charge >= 0.3 is 0 Å². The second kappa shape index (κ2) is 6.88. The Morgan fingerprint density at radius 1 is 1.55 bits per heavy atom. The van der Waals surface area contributed by atoms with Crippen molar-refractivity contribution >= 4 is 5.91 Å². The Morgan fingerprint density at radius 2 is 2.35 bits per heavy atom. The Kier molecular flexibility index (Phi) is 5.17. The number of nitrogens with zero attached hydrogens (tertiary/aromatic N) is 2. The van der Waals surface area contributed by atoms with Crippen LogP contribution in [-0.4, -0.2) is 29.3 Å². The first-order valence-corrected chi connectivity index (χ1v) is 7.53. The molecule has 2 rings (SSSR count). The molecule has 1 aliphatic rings. The Balaban J connectivity index is 1.86. The van der Waals surface area contributed by atoms with Crippen LogP contribution in [0.15, 0.2) is 12.4 Å². The SMILES string of the molecule is CNC(C(=O)NCC1CCCC(C)C1)c1cnn(C)c1. The van der Waals surface area contributed by atoms with E-state index in [0.717, 1.165) is 18.0 Å². The first-order chi connectivity index (χ1) is 9.60. The molecular weight excluding hydrogens is 252 g/mol. The van der Waals surface area contributed by atoms with Gasteiger partial charge in [-0.1, -0.05) is 19.8 Å². The van der Waals surface area contributed by atoms with Crippen molar-refractivity contribution < 1.29 is 4.79 Å². The summed E-state index contributed by atoms with van der Waals surface area (Å²) >= 11 is 0. The topological polar surface area (TPSA) is 59.0 Å². The van der Waals surface area contributed by atoms with Crippen molar-refractivity contribution in [3.63, 3.8) is 0 Å². The molecule has 1 fully saturated rings. The molecule has 3 unspecified atom stereocenters. The highest BCUT2D eigenvalue weighted by Gasteiger charge is 2.23. The van der Waals surface area contributed by atoms with Crippen molar-refractivity contribution in [1.82, 2.24) is 20.4 Å². The zero-order valence-electron chi connectivity index (χ0n) is 12.7. The molecular formula is C15H26N4O. The van der Waals surface area contributed by atoms with Gasteiger partial charge in [0.2, 0.25) is 5.91 Å². The van der Waals surface area contributed by atoms with Crippen LogP contribution in [0.3, 0.4) is 0 Å². The minimum Gasteiger partial charge on any atom is -0.354 e. The van der Waals surface area contributed by atoms with E-state index in [9.17, 15) is 4.79 Å². The van der Waals surface area contributed by atoms with Crippen LogP contribution in [0.5, 0.6) is 0 Å². The lowest BCUT2D eigenvalue weighted by Gasteiger charge is -2.27. The quantitative estimate of drug-likeness (QED) is 0.860. The molecule has 2 N–H and O–H groups in total. The molecule has 1 heterocycles. The van der Waals surface area contributed by atoms with Crippen molar-refractivity contribution in [3.05, 3.63) is 18.0 Å². The van der Waals surface area contributed by atoms with Crippen molar-refractivity contribution in [3.8, 4) is 0 Å². The molecule has 0 radical (unpaired) electrons. The number of aryl methyl sites for hydroxylation is 1. The molecule has 5 heteroatoms. The fourth-order valence-electron chi connectivity index (χ4n) is 3.13. The highest BCUT2D eigenvalue weighted by atomic mass is 16.2. The molecule has 1 aromatic rings. The van der Waals surface area contributed by atoms with Gasteiger partial charge in [0, 0.05) is 25.4 Å². The van der Waals surface area contributed by atoms with Gasteiger partial charge < -0.3 is 10.6 Å². The average Bonchev–Trinajstić information content (AvgIpc) is 2.84. The average molecular weight is 278 g/mol. The lowest BCUT2D eigenvalue weighted by molar-refractivity contribution is -0.123. The number of likely N-dealkylation sites (N-methyl/N-ethyl adjacent to an activating group) is 1. The first kappa shape index (κ1) is 15.0. The summed E-state index contributed by atoms with van der Waals surface area (Å²) in [6.07, 6.45) is 8.71. The zero-order valence-corrected chi connectivity index (χ0v) is 12.7. The van der Waals surface area contributed by atoms with E-state index < -0.39 is 0 Å². The minimum absolute atomic E-state index is 0.0405. The van der Waals surface area contributed by atoms with Crippen LogP contribution in [0.25, 0.3) is 0 Å². The van der Waals surface area contributed by atoms with E-state index >= 15 is 0 Å². The van der Waals surface area contributed by atoms with Crippen LogP contribution in [0.2, 0.25) is 0 Å². The normalized spacial score (nSPS) is 24.4. The number of rotatable bonds is 5. The highest BCUT2D eigenvalue weighted by Crippen LogP contribution is 2.28. The van der Waals surface area contributed by atoms with Crippen molar-refractivity contribution in [2.24, 2.45) is 18.9 Å². The summed E-state index contributed by atoms with van der Waals surface area (Å²) in [6, 6.07) is -0.315. The summed E-state index contributed by atoms with van der Waals surface area (Å²) in [6.45, 7) is 3.10. The van der Waals surface area contributed by atoms with E-state index in [1.807, 2.05) is 13.2 Å². The zero-order chi connectivity index (χ0) is 14.5. The number of carbonyl (C=O) groups excluding carboxylic acids is 1. The number of hydrogen-bond donors (Lipinski definition) is 2. The molecule has 1 aromatic heterocycles. The highest BCUT2D eigenvalue weighted by molar-refractivity contribution is 5.83. The van der Waals surface area contributed by atoms with Gasteiger partial charge in [0.15, 0.2) is 0 Å². The molecule has 112 valence electrons. The smallest absolute Gasteiger partial charge is 0.241 e. The van der Waals surface area contributed by atoms with Gasteiger partial charge in [-0.2, -0.15) is 5.10 Å². The second-order valence-corrected chi connectivity index (χ2v) is 6.05. The lowest BCUT2D eigenvalue weighted by Crippen LogP contribution is -2.39. The van der Waals surface area contributed by atoms with Crippen LogP contribution < -0.4 is 10.6 Å². The van der Waals surface area contributed by atoms with E-state index in [1.54, 1.807) is 17.9 Å². The minimum atomic E-state index is -0.315. The molecule has 1 saturated carbocycles. The maximum absolute atomic E-state index is 12.3. The Morgan fingerprint density at radius 3 is 2.95 bits per heavy atom. The molecule has 3 atom stereocenters. The summed E-state index contributed by atoms with van der Waals surface area (Å²) in [5.41, 5.74) is 0.907. The molecule has 1 amide bonds. The maximum Gasteiger partial charge on any atom is 0.241 e. The molecule has 1 aliphatic carbocycles. The van der Waals surface area contributed by atoms with Gasteiger partial charge in [-0.25, -0.2) is 0 Å². The summed E-state index contributed by atoms with van der Waals surface area (Å²) in [5, 5.41) is 10.3. The van der Waals surface area contributed by atoms with Gasteiger partial charge in [0.05, 0.1) is 6.20 Å². The van der Waals surface area contributed by atoms with E-state index in [0.29, 0.717) is 5.92 Å². The van der Waals surface area contributed by atoms with E-state index in [-0.39, 0.29) is 11.9 Å². The van der Waals surface area contributed by atoms with Crippen LogP contribution in [0, 0.1) is 11.8 Å². The summed E-state index contributed by atoms with van der Waals surface area (Å²) in [7, 11) is 3.66. The third-order valence-electron chi connectivity index (χ3n) is 4.22. The van der Waals surface area contributed by atoms with Crippen LogP contribution >= 0.6 is 0 Å². The van der Waals surface area contributed by atoms with Gasteiger partial charge in [0.1, 0.15) is 6.04 Å². The lowest BCUT2D eigenvalue weighted by atomic mass is 9.82. The number of aromatic nitrogens is 2. The fraction of sp³-hybridized carbons (Fsp3) is 0.733. The van der Waals surface area contributed by atoms with Gasteiger partial charge in [-0.3, -0.25) is 9.48 Å². The van der Waals surface area contributed by atoms with E-state index in [2.05, 4.69) is 22.7 Å². The molecule has 0 saturated heterocycles. The fourth-order valence-corrected chi connectivity index (χ4v) is 3.13. The summed E-state index contributed by atoms with van der Waals surface area (Å²) < 4.78 is 1.72. The molecule has 5 nitrogen and oxygen atoms in total. The maximum atomic E-state index is 12.3. The Labute approximate surface area is 121 Å². The third-order valence-corrected chi connectivity index (χ3v) is 4.22. The van der Waals surface area contributed by atoms with Crippen LogP contribution in [0.1, 0.15) is 44.2 Å². The summed E-state index contributed by atoms with van der Waals surface area (Å²) in [5.74, 6) is 1.47. The van der Waals surface area contributed by atoms with Crippen LogP contribution in [0.4, 0.5) is 0 Å². The largest absolute Gasteiger partial charge is 0.354 e. The van der Waals surface area contributed by atoms with Gasteiger partial charge in [0.25, 0.3) is 0 Å². The first-order valence-electron chi connectivity index (χ1n) is 7.53. The molecule has 20 heavy (non-hydrogen) atoms. The molecule has 0 aliphatic heterocycles. The number of nitrogens with one attached hydrogen (secondary N) is 2. The number of carbonyl (C=O) groups is 1. The Bertz CT molecular complexity index is 443.